The number of pyridine rings is 1. The molecule has 22 heavy (non-hydrogen) atoms. The van der Waals surface area contributed by atoms with Crippen LogP contribution in [0.1, 0.15) is 44.0 Å². The molecule has 1 N–H and O–H groups in total. The van der Waals surface area contributed by atoms with Gasteiger partial charge in [0.05, 0.1) is 11.7 Å². The summed E-state index contributed by atoms with van der Waals surface area (Å²) in [4.78, 5) is 15.9. The summed E-state index contributed by atoms with van der Waals surface area (Å²) in [6, 6.07) is 6.93. The van der Waals surface area contributed by atoms with E-state index < -0.39 is 0 Å². The fourth-order valence-electron chi connectivity index (χ4n) is 3.00. The normalized spacial score (nSPS) is 18.8. The smallest absolute Gasteiger partial charge is 0.228 e. The Morgan fingerprint density at radius 1 is 1.23 bits per heavy atom. The summed E-state index contributed by atoms with van der Waals surface area (Å²) in [6.07, 6.45) is 6.06. The molecule has 0 radical (unpaired) electrons. The lowest BCUT2D eigenvalue weighted by atomic mass is 10.1. The van der Waals surface area contributed by atoms with Gasteiger partial charge in [-0.3, -0.25) is 4.90 Å². The van der Waals surface area contributed by atoms with Crippen molar-refractivity contribution in [1.82, 2.24) is 19.9 Å². The zero-order valence-corrected chi connectivity index (χ0v) is 13.5. The van der Waals surface area contributed by atoms with Gasteiger partial charge in [-0.25, -0.2) is 15.0 Å². The Morgan fingerprint density at radius 3 is 2.82 bits per heavy atom. The third kappa shape index (κ3) is 3.25. The van der Waals surface area contributed by atoms with Crippen LogP contribution < -0.4 is 5.32 Å². The van der Waals surface area contributed by atoms with Crippen LogP contribution in [-0.2, 0) is 0 Å². The quantitative estimate of drug-likeness (QED) is 0.936. The maximum absolute atomic E-state index is 4.70. The van der Waals surface area contributed by atoms with Crippen molar-refractivity contribution >= 4 is 11.8 Å². The maximum Gasteiger partial charge on any atom is 0.228 e. The minimum atomic E-state index is 0.398. The van der Waals surface area contributed by atoms with Gasteiger partial charge in [0.25, 0.3) is 0 Å². The molecule has 0 bridgehead atoms. The van der Waals surface area contributed by atoms with Crippen LogP contribution >= 0.6 is 0 Å². The molecule has 1 aliphatic rings. The van der Waals surface area contributed by atoms with Crippen molar-refractivity contribution in [3.8, 4) is 0 Å². The van der Waals surface area contributed by atoms with Crippen molar-refractivity contribution in [3.05, 3.63) is 41.9 Å². The van der Waals surface area contributed by atoms with Crippen LogP contribution in [0.2, 0.25) is 0 Å². The van der Waals surface area contributed by atoms with E-state index in [1.807, 2.05) is 37.5 Å². The van der Waals surface area contributed by atoms with Crippen molar-refractivity contribution in [2.75, 3.05) is 11.9 Å². The van der Waals surface area contributed by atoms with Crippen molar-refractivity contribution in [2.45, 2.75) is 45.7 Å². The van der Waals surface area contributed by atoms with Gasteiger partial charge >= 0.3 is 0 Å². The monoisotopic (exact) mass is 297 g/mol. The number of likely N-dealkylation sites (tertiary alicyclic amines) is 1. The van der Waals surface area contributed by atoms with E-state index >= 15 is 0 Å². The van der Waals surface area contributed by atoms with Gasteiger partial charge in [-0.05, 0) is 57.9 Å². The Morgan fingerprint density at radius 2 is 2.09 bits per heavy atom. The van der Waals surface area contributed by atoms with Gasteiger partial charge in [0.15, 0.2) is 0 Å². The highest BCUT2D eigenvalue weighted by molar-refractivity contribution is 5.47. The second-order valence-electron chi connectivity index (χ2n) is 6.14. The Hall–Kier alpha value is -2.01. The highest BCUT2D eigenvalue weighted by Gasteiger charge is 2.29. The van der Waals surface area contributed by atoms with E-state index in [0.29, 0.717) is 18.0 Å². The standard InChI is InChI=1S/C17H23N5/c1-12(2)22-10-4-5-15(22)14-8-9-18-17(20-14)21-16-7-6-13(3)11-19-16/h6-9,11-12,15H,4-5,10H2,1-3H3,(H,18,19,20,21)/t15-/m0/s1. The fourth-order valence-corrected chi connectivity index (χ4v) is 3.00. The highest BCUT2D eigenvalue weighted by Crippen LogP contribution is 2.32. The first-order valence-corrected chi connectivity index (χ1v) is 7.92. The van der Waals surface area contributed by atoms with Gasteiger partial charge in [-0.1, -0.05) is 6.07 Å². The molecule has 1 fully saturated rings. The molecule has 0 spiro atoms. The van der Waals surface area contributed by atoms with E-state index in [2.05, 4.69) is 34.0 Å². The predicted octanol–water partition coefficient (Wildman–Crippen LogP) is 3.47. The van der Waals surface area contributed by atoms with E-state index in [0.717, 1.165) is 30.0 Å². The molecule has 2 aromatic rings. The van der Waals surface area contributed by atoms with Crippen molar-refractivity contribution < 1.29 is 0 Å². The molecule has 0 aliphatic carbocycles. The molecule has 1 aliphatic heterocycles. The Balaban J connectivity index is 1.79. The minimum Gasteiger partial charge on any atom is -0.309 e. The molecule has 5 heteroatoms. The Bertz CT molecular complexity index is 623. The number of nitrogens with zero attached hydrogens (tertiary/aromatic N) is 4. The van der Waals surface area contributed by atoms with Crippen LogP contribution in [-0.4, -0.2) is 32.4 Å². The molecule has 1 atom stereocenters. The first kappa shape index (κ1) is 14.9. The van der Waals surface area contributed by atoms with Gasteiger partial charge in [-0.15, -0.1) is 0 Å². The lowest BCUT2D eigenvalue weighted by Gasteiger charge is -2.27. The summed E-state index contributed by atoms with van der Waals surface area (Å²) >= 11 is 0. The molecule has 0 aromatic carbocycles. The van der Waals surface area contributed by atoms with Gasteiger partial charge in [0, 0.05) is 18.4 Å². The number of hydrogen-bond acceptors (Lipinski definition) is 5. The van der Waals surface area contributed by atoms with E-state index in [4.69, 9.17) is 4.98 Å². The van der Waals surface area contributed by atoms with Crippen molar-refractivity contribution in [1.29, 1.82) is 0 Å². The van der Waals surface area contributed by atoms with E-state index in [-0.39, 0.29) is 0 Å². The summed E-state index contributed by atoms with van der Waals surface area (Å²) in [6.45, 7) is 7.66. The van der Waals surface area contributed by atoms with Crippen LogP contribution in [0.25, 0.3) is 0 Å². The fraction of sp³-hybridized carbons (Fsp3) is 0.471. The van der Waals surface area contributed by atoms with Crippen molar-refractivity contribution in [3.63, 3.8) is 0 Å². The SMILES string of the molecule is Cc1ccc(Nc2nccc([C@@H]3CCCN3C(C)C)n2)nc1. The third-order valence-electron chi connectivity index (χ3n) is 4.13. The number of rotatable bonds is 4. The molecule has 0 saturated carbocycles. The molecule has 0 amide bonds. The average Bonchev–Trinajstić information content (AvgIpc) is 3.00. The lowest BCUT2D eigenvalue weighted by Crippen LogP contribution is -2.30. The first-order chi connectivity index (χ1) is 10.6. The molecule has 3 rings (SSSR count). The first-order valence-electron chi connectivity index (χ1n) is 7.92. The summed E-state index contributed by atoms with van der Waals surface area (Å²) in [5, 5.41) is 3.19. The van der Waals surface area contributed by atoms with E-state index in [1.54, 1.807) is 0 Å². The Kier molecular flexibility index (Phi) is 4.34. The third-order valence-corrected chi connectivity index (χ3v) is 4.13. The second kappa shape index (κ2) is 6.40. The van der Waals surface area contributed by atoms with Gasteiger partial charge in [0.1, 0.15) is 5.82 Å². The predicted molar refractivity (Wildman–Crippen MR) is 88.1 cm³/mol. The molecule has 3 heterocycles. The number of nitrogens with one attached hydrogen (secondary N) is 1. The maximum atomic E-state index is 4.70. The van der Waals surface area contributed by atoms with Crippen molar-refractivity contribution in [2.24, 2.45) is 0 Å². The summed E-state index contributed by atoms with van der Waals surface area (Å²) in [5.41, 5.74) is 2.23. The summed E-state index contributed by atoms with van der Waals surface area (Å²) < 4.78 is 0. The average molecular weight is 297 g/mol. The van der Waals surface area contributed by atoms with E-state index in [9.17, 15) is 0 Å². The van der Waals surface area contributed by atoms with Gasteiger partial charge < -0.3 is 5.32 Å². The molecule has 2 aromatic heterocycles. The number of hydrogen-bond donors (Lipinski definition) is 1. The zero-order valence-electron chi connectivity index (χ0n) is 13.5. The molecule has 0 unspecified atom stereocenters. The minimum absolute atomic E-state index is 0.398. The topological polar surface area (TPSA) is 53.9 Å². The number of anilines is 2. The summed E-state index contributed by atoms with van der Waals surface area (Å²) in [7, 11) is 0. The van der Waals surface area contributed by atoms with E-state index in [1.165, 1.54) is 6.42 Å². The van der Waals surface area contributed by atoms with Crippen LogP contribution in [0.4, 0.5) is 11.8 Å². The largest absolute Gasteiger partial charge is 0.309 e. The molecular formula is C17H23N5. The molecular weight excluding hydrogens is 274 g/mol. The molecule has 116 valence electrons. The number of aryl methyl sites for hydroxylation is 1. The Labute approximate surface area is 131 Å². The van der Waals surface area contributed by atoms with Crippen LogP contribution in [0.5, 0.6) is 0 Å². The zero-order chi connectivity index (χ0) is 15.5. The summed E-state index contributed by atoms with van der Waals surface area (Å²) in [5.74, 6) is 1.39. The molecule has 5 nitrogen and oxygen atoms in total. The van der Waals surface area contributed by atoms with Crippen LogP contribution in [0, 0.1) is 6.92 Å². The number of aromatic nitrogens is 3. The van der Waals surface area contributed by atoms with Gasteiger partial charge in [-0.2, -0.15) is 0 Å². The van der Waals surface area contributed by atoms with Gasteiger partial charge in [0.2, 0.25) is 5.95 Å². The highest BCUT2D eigenvalue weighted by atomic mass is 15.2. The molecule has 1 saturated heterocycles. The second-order valence-corrected chi connectivity index (χ2v) is 6.14. The lowest BCUT2D eigenvalue weighted by molar-refractivity contribution is 0.202. The van der Waals surface area contributed by atoms with Crippen LogP contribution in [0.15, 0.2) is 30.6 Å². The van der Waals surface area contributed by atoms with Crippen LogP contribution in [0.3, 0.4) is 0 Å².